The molecule has 2 heterocycles. The summed E-state index contributed by atoms with van der Waals surface area (Å²) in [7, 11) is 0. The molecule has 1 aliphatic heterocycles. The lowest BCUT2D eigenvalue weighted by molar-refractivity contribution is 0.351. The van der Waals surface area contributed by atoms with Gasteiger partial charge in [0.1, 0.15) is 5.75 Å². The van der Waals surface area contributed by atoms with Crippen LogP contribution in [0.4, 0.5) is 0 Å². The first-order chi connectivity index (χ1) is 10.3. The van der Waals surface area contributed by atoms with Crippen molar-refractivity contribution < 1.29 is 4.74 Å². The molecule has 0 spiro atoms. The highest BCUT2D eigenvalue weighted by Gasteiger charge is 2.20. The number of rotatable bonds is 5. The molecular formula is C17H19ClN2O. The zero-order valence-corrected chi connectivity index (χ0v) is 12.9. The van der Waals surface area contributed by atoms with Crippen LogP contribution in [0.25, 0.3) is 0 Å². The van der Waals surface area contributed by atoms with Gasteiger partial charge in [-0.25, -0.2) is 0 Å². The van der Waals surface area contributed by atoms with Crippen LogP contribution in [-0.4, -0.2) is 18.1 Å². The zero-order chi connectivity index (χ0) is 14.7. The minimum Gasteiger partial charge on any atom is -0.493 e. The Morgan fingerprint density at radius 2 is 2.14 bits per heavy atom. The molecule has 1 aliphatic rings. The third-order valence-corrected chi connectivity index (χ3v) is 4.03. The molecule has 110 valence electrons. The summed E-state index contributed by atoms with van der Waals surface area (Å²) >= 11 is 6.25. The molecule has 0 radical (unpaired) electrons. The molecule has 1 aromatic heterocycles. The van der Waals surface area contributed by atoms with Crippen molar-refractivity contribution in [2.24, 2.45) is 0 Å². The van der Waals surface area contributed by atoms with Crippen molar-refractivity contribution in [1.82, 2.24) is 10.3 Å². The second kappa shape index (κ2) is 6.46. The first kappa shape index (κ1) is 14.4. The predicted molar refractivity (Wildman–Crippen MR) is 85.0 cm³/mol. The number of hydrogen-bond acceptors (Lipinski definition) is 3. The second-order valence-corrected chi connectivity index (χ2v) is 5.68. The molecule has 1 unspecified atom stereocenters. The Morgan fingerprint density at radius 1 is 1.33 bits per heavy atom. The van der Waals surface area contributed by atoms with Gasteiger partial charge in [-0.2, -0.15) is 0 Å². The van der Waals surface area contributed by atoms with E-state index in [0.29, 0.717) is 0 Å². The number of hydrogen-bond donors (Lipinski definition) is 1. The van der Waals surface area contributed by atoms with E-state index in [-0.39, 0.29) is 6.04 Å². The molecule has 2 aromatic rings. The van der Waals surface area contributed by atoms with Gasteiger partial charge in [-0.3, -0.25) is 4.98 Å². The number of ether oxygens (including phenoxy) is 1. The van der Waals surface area contributed by atoms with Gasteiger partial charge in [0, 0.05) is 29.9 Å². The molecule has 4 heteroatoms. The van der Waals surface area contributed by atoms with E-state index in [2.05, 4.69) is 29.4 Å². The molecule has 0 amide bonds. The van der Waals surface area contributed by atoms with Crippen molar-refractivity contribution >= 4 is 11.6 Å². The predicted octanol–water partition coefficient (Wildman–Crippen LogP) is 3.56. The van der Waals surface area contributed by atoms with Gasteiger partial charge in [0.25, 0.3) is 0 Å². The lowest BCUT2D eigenvalue weighted by atomic mass is 9.97. The summed E-state index contributed by atoms with van der Waals surface area (Å²) in [5.74, 6) is 1.02. The highest BCUT2D eigenvalue weighted by atomic mass is 35.5. The minimum atomic E-state index is 0.241. The summed E-state index contributed by atoms with van der Waals surface area (Å²) in [4.78, 5) is 4.09. The van der Waals surface area contributed by atoms with Crippen LogP contribution in [0.15, 0.2) is 36.7 Å². The van der Waals surface area contributed by atoms with Crippen LogP contribution in [0.5, 0.6) is 5.75 Å². The Morgan fingerprint density at radius 3 is 2.90 bits per heavy atom. The fourth-order valence-corrected chi connectivity index (χ4v) is 3.13. The van der Waals surface area contributed by atoms with Gasteiger partial charge in [-0.1, -0.05) is 18.5 Å². The Hall–Kier alpha value is -1.58. The first-order valence-corrected chi connectivity index (χ1v) is 7.73. The molecule has 3 nitrogen and oxygen atoms in total. The Bertz CT molecular complexity index is 616. The van der Waals surface area contributed by atoms with Gasteiger partial charge in [0.2, 0.25) is 0 Å². The van der Waals surface area contributed by atoms with Crippen LogP contribution in [0.3, 0.4) is 0 Å². The first-order valence-electron chi connectivity index (χ1n) is 7.35. The van der Waals surface area contributed by atoms with Gasteiger partial charge in [0.15, 0.2) is 0 Å². The number of aromatic nitrogens is 1. The fraction of sp³-hybridized carbons (Fsp3) is 0.353. The van der Waals surface area contributed by atoms with Crippen molar-refractivity contribution in [3.63, 3.8) is 0 Å². The monoisotopic (exact) mass is 302 g/mol. The molecule has 0 aliphatic carbocycles. The average molecular weight is 303 g/mol. The van der Waals surface area contributed by atoms with Gasteiger partial charge >= 0.3 is 0 Å². The topological polar surface area (TPSA) is 34.1 Å². The SMILES string of the molecule is CCNC(Cc1cc(Cl)cc2c1OCC2)c1ccncc1. The molecule has 0 saturated carbocycles. The van der Waals surface area contributed by atoms with E-state index in [9.17, 15) is 0 Å². The van der Waals surface area contributed by atoms with E-state index >= 15 is 0 Å². The number of pyridine rings is 1. The molecule has 0 fully saturated rings. The van der Waals surface area contributed by atoms with Crippen molar-refractivity contribution in [3.8, 4) is 5.75 Å². The highest BCUT2D eigenvalue weighted by Crippen LogP contribution is 2.35. The fourth-order valence-electron chi connectivity index (χ4n) is 2.87. The molecule has 0 bridgehead atoms. The van der Waals surface area contributed by atoms with Crippen molar-refractivity contribution in [2.45, 2.75) is 25.8 Å². The van der Waals surface area contributed by atoms with Crippen LogP contribution >= 0.6 is 11.6 Å². The summed E-state index contributed by atoms with van der Waals surface area (Å²) in [6.45, 7) is 3.79. The summed E-state index contributed by atoms with van der Waals surface area (Å²) in [5.41, 5.74) is 3.64. The molecular weight excluding hydrogens is 284 g/mol. The summed E-state index contributed by atoms with van der Waals surface area (Å²) in [6.07, 6.45) is 5.47. The van der Waals surface area contributed by atoms with E-state index in [1.165, 1.54) is 16.7 Å². The quantitative estimate of drug-likeness (QED) is 0.917. The van der Waals surface area contributed by atoms with Crippen molar-refractivity contribution in [1.29, 1.82) is 0 Å². The standard InChI is InChI=1S/C17H19ClN2O/c1-2-20-16(12-3-6-19-7-4-12)11-14-10-15(18)9-13-5-8-21-17(13)14/h3-4,6-7,9-10,16,20H,2,5,8,11H2,1H3. The van der Waals surface area contributed by atoms with E-state index in [1.807, 2.05) is 24.5 Å². The van der Waals surface area contributed by atoms with Crippen LogP contribution in [0.2, 0.25) is 5.02 Å². The third-order valence-electron chi connectivity index (χ3n) is 3.81. The van der Waals surface area contributed by atoms with E-state index in [0.717, 1.165) is 36.8 Å². The number of nitrogens with one attached hydrogen (secondary N) is 1. The Labute approximate surface area is 130 Å². The Balaban J connectivity index is 1.90. The van der Waals surface area contributed by atoms with Gasteiger partial charge in [-0.15, -0.1) is 0 Å². The van der Waals surface area contributed by atoms with Crippen LogP contribution in [-0.2, 0) is 12.8 Å². The number of benzene rings is 1. The summed E-state index contributed by atoms with van der Waals surface area (Å²) < 4.78 is 5.80. The molecule has 1 aromatic carbocycles. The van der Waals surface area contributed by atoms with Crippen LogP contribution < -0.4 is 10.1 Å². The lowest BCUT2D eigenvalue weighted by Gasteiger charge is -2.20. The molecule has 3 rings (SSSR count). The van der Waals surface area contributed by atoms with Crippen LogP contribution in [0, 0.1) is 0 Å². The van der Waals surface area contributed by atoms with Crippen molar-refractivity contribution in [3.05, 3.63) is 58.4 Å². The molecule has 21 heavy (non-hydrogen) atoms. The molecule has 1 atom stereocenters. The number of nitrogens with zero attached hydrogens (tertiary/aromatic N) is 1. The minimum absolute atomic E-state index is 0.241. The van der Waals surface area contributed by atoms with Crippen LogP contribution in [0.1, 0.15) is 29.7 Å². The normalized spacial score (nSPS) is 14.6. The number of halogens is 1. The molecule has 1 N–H and O–H groups in total. The Kier molecular flexibility index (Phi) is 4.42. The average Bonchev–Trinajstić information content (AvgIpc) is 2.96. The largest absolute Gasteiger partial charge is 0.493 e. The lowest BCUT2D eigenvalue weighted by Crippen LogP contribution is -2.23. The van der Waals surface area contributed by atoms with Crippen molar-refractivity contribution in [2.75, 3.05) is 13.2 Å². The van der Waals surface area contributed by atoms with Gasteiger partial charge in [-0.05, 0) is 53.9 Å². The maximum absolute atomic E-state index is 6.25. The van der Waals surface area contributed by atoms with E-state index < -0.39 is 0 Å². The van der Waals surface area contributed by atoms with Gasteiger partial charge in [0.05, 0.1) is 6.61 Å². The zero-order valence-electron chi connectivity index (χ0n) is 12.1. The smallest absolute Gasteiger partial charge is 0.125 e. The number of fused-ring (bicyclic) bond motifs is 1. The highest BCUT2D eigenvalue weighted by molar-refractivity contribution is 6.30. The third kappa shape index (κ3) is 3.20. The van der Waals surface area contributed by atoms with Gasteiger partial charge < -0.3 is 10.1 Å². The summed E-state index contributed by atoms with van der Waals surface area (Å²) in [6, 6.07) is 8.39. The maximum Gasteiger partial charge on any atom is 0.125 e. The molecule has 0 saturated heterocycles. The van der Waals surface area contributed by atoms with E-state index in [1.54, 1.807) is 0 Å². The summed E-state index contributed by atoms with van der Waals surface area (Å²) in [5, 5.41) is 4.32. The van der Waals surface area contributed by atoms with E-state index in [4.69, 9.17) is 16.3 Å². The number of likely N-dealkylation sites (N-methyl/N-ethyl adjacent to an activating group) is 1. The maximum atomic E-state index is 6.25. The second-order valence-electron chi connectivity index (χ2n) is 5.25.